The van der Waals surface area contributed by atoms with Crippen molar-refractivity contribution in [3.8, 4) is 0 Å². The molecular weight excluding hydrogens is 272 g/mol. The monoisotopic (exact) mass is 288 g/mol. The van der Waals surface area contributed by atoms with Crippen LogP contribution in [0.2, 0.25) is 0 Å². The summed E-state index contributed by atoms with van der Waals surface area (Å²) in [5.74, 6) is 6.40. The van der Waals surface area contributed by atoms with Gasteiger partial charge in [-0.3, -0.25) is 5.84 Å². The first-order valence-corrected chi connectivity index (χ1v) is 6.42. The van der Waals surface area contributed by atoms with E-state index in [4.69, 9.17) is 15.0 Å². The molecule has 1 aliphatic rings. The van der Waals surface area contributed by atoms with Crippen molar-refractivity contribution >= 4 is 15.9 Å². The number of hydrogen-bond donors (Lipinski definition) is 2. The fourth-order valence-electron chi connectivity index (χ4n) is 2.05. The van der Waals surface area contributed by atoms with E-state index in [1.807, 2.05) is 12.1 Å². The average molecular weight is 289 g/mol. The number of halogens is 1. The van der Waals surface area contributed by atoms with Gasteiger partial charge in [0.2, 0.25) is 0 Å². The summed E-state index contributed by atoms with van der Waals surface area (Å²) in [4.78, 5) is 0. The molecule has 3 N–H and O–H groups in total. The number of furan rings is 1. The number of hydrogen-bond acceptors (Lipinski definition) is 4. The maximum Gasteiger partial charge on any atom is 0.169 e. The number of nitrogens with one attached hydrogen (secondary N) is 1. The van der Waals surface area contributed by atoms with E-state index in [0.29, 0.717) is 6.10 Å². The zero-order valence-electron chi connectivity index (χ0n) is 9.12. The van der Waals surface area contributed by atoms with Crippen molar-refractivity contribution in [1.29, 1.82) is 0 Å². The topological polar surface area (TPSA) is 60.4 Å². The van der Waals surface area contributed by atoms with Gasteiger partial charge in [0.05, 0.1) is 12.1 Å². The van der Waals surface area contributed by atoms with Crippen molar-refractivity contribution in [2.75, 3.05) is 6.61 Å². The van der Waals surface area contributed by atoms with Crippen molar-refractivity contribution in [1.82, 2.24) is 5.43 Å². The first kappa shape index (κ1) is 12.1. The van der Waals surface area contributed by atoms with Crippen LogP contribution >= 0.6 is 15.9 Å². The number of hydrazine groups is 1. The zero-order valence-corrected chi connectivity index (χ0v) is 10.7. The molecule has 0 amide bonds. The van der Waals surface area contributed by atoms with E-state index < -0.39 is 0 Å². The maximum absolute atomic E-state index is 5.58. The molecular formula is C11H17BrN2O2. The molecule has 1 aliphatic heterocycles. The summed E-state index contributed by atoms with van der Waals surface area (Å²) in [6.45, 7) is 0.900. The van der Waals surface area contributed by atoms with Gasteiger partial charge in [-0.15, -0.1) is 0 Å². The predicted molar refractivity (Wildman–Crippen MR) is 64.7 cm³/mol. The highest BCUT2D eigenvalue weighted by Crippen LogP contribution is 2.26. The Labute approximate surface area is 104 Å². The van der Waals surface area contributed by atoms with Gasteiger partial charge in [0, 0.05) is 6.61 Å². The zero-order chi connectivity index (χ0) is 11.4. The molecule has 0 aliphatic carbocycles. The number of ether oxygens (including phenoxy) is 1. The summed E-state index contributed by atoms with van der Waals surface area (Å²) in [6, 6.07) is 3.88. The highest BCUT2D eigenvalue weighted by atomic mass is 79.9. The van der Waals surface area contributed by atoms with Gasteiger partial charge >= 0.3 is 0 Å². The Balaban J connectivity index is 1.85. The second kappa shape index (κ2) is 5.82. The molecule has 0 aromatic carbocycles. The fraction of sp³-hybridized carbons (Fsp3) is 0.636. The molecule has 1 aromatic heterocycles. The molecule has 2 unspecified atom stereocenters. The lowest BCUT2D eigenvalue weighted by molar-refractivity contribution is 0.0988. The van der Waals surface area contributed by atoms with Crippen molar-refractivity contribution in [3.63, 3.8) is 0 Å². The molecule has 0 radical (unpaired) electrons. The lowest BCUT2D eigenvalue weighted by Crippen LogP contribution is -2.28. The van der Waals surface area contributed by atoms with E-state index in [0.717, 1.165) is 29.9 Å². The molecule has 2 heterocycles. The summed E-state index contributed by atoms with van der Waals surface area (Å²) in [5, 5.41) is 0. The van der Waals surface area contributed by atoms with Crippen LogP contribution in [-0.2, 0) is 4.74 Å². The highest BCUT2D eigenvalue weighted by Gasteiger charge is 2.19. The van der Waals surface area contributed by atoms with Gasteiger partial charge in [-0.1, -0.05) is 0 Å². The van der Waals surface area contributed by atoms with Crippen LogP contribution < -0.4 is 11.3 Å². The molecule has 0 saturated carbocycles. The standard InChI is InChI=1S/C11H17BrN2O2/c12-11-6-5-10(16-11)9(14-13)4-3-8-2-1-7-15-8/h5-6,8-9,14H,1-4,7,13H2. The SMILES string of the molecule is NNC(CCC1CCCO1)c1ccc(Br)o1. The van der Waals surface area contributed by atoms with Crippen molar-refractivity contribution in [2.24, 2.45) is 5.84 Å². The average Bonchev–Trinajstić information content (AvgIpc) is 2.91. The minimum atomic E-state index is 0.0653. The van der Waals surface area contributed by atoms with Gasteiger partial charge in [0.25, 0.3) is 0 Å². The molecule has 0 spiro atoms. The summed E-state index contributed by atoms with van der Waals surface area (Å²) in [5.41, 5.74) is 2.79. The van der Waals surface area contributed by atoms with Gasteiger partial charge in [-0.2, -0.15) is 0 Å². The molecule has 90 valence electrons. The molecule has 2 rings (SSSR count). The van der Waals surface area contributed by atoms with Gasteiger partial charge < -0.3 is 9.15 Å². The smallest absolute Gasteiger partial charge is 0.169 e. The molecule has 0 bridgehead atoms. The molecule has 5 heteroatoms. The van der Waals surface area contributed by atoms with Gasteiger partial charge in [0.1, 0.15) is 5.76 Å². The minimum absolute atomic E-state index is 0.0653. The van der Waals surface area contributed by atoms with Crippen LogP contribution in [0.25, 0.3) is 0 Å². The van der Waals surface area contributed by atoms with Crippen LogP contribution in [0, 0.1) is 0 Å². The second-order valence-electron chi connectivity index (χ2n) is 4.07. The molecule has 1 saturated heterocycles. The predicted octanol–water partition coefficient (Wildman–Crippen LogP) is 2.51. The van der Waals surface area contributed by atoms with Crippen LogP contribution in [-0.4, -0.2) is 12.7 Å². The lowest BCUT2D eigenvalue weighted by atomic mass is 10.0. The summed E-state index contributed by atoms with van der Waals surface area (Å²) in [6.07, 6.45) is 4.69. The van der Waals surface area contributed by atoms with Crippen LogP contribution in [0.4, 0.5) is 0 Å². The van der Waals surface area contributed by atoms with Gasteiger partial charge in [-0.05, 0) is 53.7 Å². The third-order valence-corrected chi connectivity index (χ3v) is 3.37. The Hall–Kier alpha value is -0.360. The van der Waals surface area contributed by atoms with E-state index >= 15 is 0 Å². The van der Waals surface area contributed by atoms with Crippen LogP contribution in [0.1, 0.15) is 37.5 Å². The molecule has 1 aromatic rings. The largest absolute Gasteiger partial charge is 0.453 e. The van der Waals surface area contributed by atoms with Gasteiger partial charge in [-0.25, -0.2) is 5.43 Å². The van der Waals surface area contributed by atoms with E-state index in [1.165, 1.54) is 12.8 Å². The summed E-state index contributed by atoms with van der Waals surface area (Å²) >= 11 is 3.29. The first-order chi connectivity index (χ1) is 7.79. The lowest BCUT2D eigenvalue weighted by Gasteiger charge is -2.15. The van der Waals surface area contributed by atoms with E-state index in [1.54, 1.807) is 0 Å². The van der Waals surface area contributed by atoms with Crippen LogP contribution in [0.15, 0.2) is 21.2 Å². The molecule has 16 heavy (non-hydrogen) atoms. The second-order valence-corrected chi connectivity index (χ2v) is 4.86. The van der Waals surface area contributed by atoms with Crippen molar-refractivity contribution < 1.29 is 9.15 Å². The van der Waals surface area contributed by atoms with Crippen molar-refractivity contribution in [2.45, 2.75) is 37.8 Å². The Morgan fingerprint density at radius 3 is 3.00 bits per heavy atom. The minimum Gasteiger partial charge on any atom is -0.453 e. The number of nitrogens with two attached hydrogens (primary N) is 1. The third kappa shape index (κ3) is 3.07. The summed E-state index contributed by atoms with van der Waals surface area (Å²) < 4.78 is 11.8. The third-order valence-electron chi connectivity index (χ3n) is 2.94. The quantitative estimate of drug-likeness (QED) is 0.646. The Morgan fingerprint density at radius 1 is 1.56 bits per heavy atom. The Morgan fingerprint density at radius 2 is 2.44 bits per heavy atom. The van der Waals surface area contributed by atoms with Crippen LogP contribution in [0.3, 0.4) is 0 Å². The molecule has 4 nitrogen and oxygen atoms in total. The highest BCUT2D eigenvalue weighted by molar-refractivity contribution is 9.10. The van der Waals surface area contributed by atoms with Crippen molar-refractivity contribution in [3.05, 3.63) is 22.6 Å². The maximum atomic E-state index is 5.58. The van der Waals surface area contributed by atoms with E-state index in [9.17, 15) is 0 Å². The van der Waals surface area contributed by atoms with E-state index in [2.05, 4.69) is 21.4 Å². The fourth-order valence-corrected chi connectivity index (χ4v) is 2.37. The van der Waals surface area contributed by atoms with Gasteiger partial charge in [0.15, 0.2) is 4.67 Å². The van der Waals surface area contributed by atoms with Crippen LogP contribution in [0.5, 0.6) is 0 Å². The molecule has 2 atom stereocenters. The number of rotatable bonds is 5. The van der Waals surface area contributed by atoms with E-state index in [-0.39, 0.29) is 6.04 Å². The normalized spacial score (nSPS) is 22.5. The molecule has 1 fully saturated rings. The first-order valence-electron chi connectivity index (χ1n) is 5.62. The summed E-state index contributed by atoms with van der Waals surface area (Å²) in [7, 11) is 0. The Bertz CT molecular complexity index is 324. The Kier molecular flexibility index (Phi) is 4.40.